The van der Waals surface area contributed by atoms with E-state index in [0.29, 0.717) is 19.1 Å². The number of ether oxygens (including phenoxy) is 1. The standard InChI is InChI=1S/C17H25N3O4S.HI/c1-13(16-12-14-6-4-5-7-15(14)24-16)20-17(18-2)19-8-9-23-10-11-25(3,21)22;/h4-7,12-13H,8-11H2,1-3H3,(H2,18,19,20);1H. The molecule has 2 aromatic rings. The fourth-order valence-electron chi connectivity index (χ4n) is 2.24. The second-order valence-electron chi connectivity index (χ2n) is 5.79. The normalized spacial score (nSPS) is 13.3. The van der Waals surface area contributed by atoms with Crippen LogP contribution >= 0.6 is 24.0 Å². The first kappa shape index (κ1) is 22.7. The van der Waals surface area contributed by atoms with Crippen molar-refractivity contribution in [1.82, 2.24) is 10.6 Å². The topological polar surface area (TPSA) is 92.9 Å². The van der Waals surface area contributed by atoms with Crippen molar-refractivity contribution in [3.63, 3.8) is 0 Å². The zero-order valence-electron chi connectivity index (χ0n) is 15.2. The molecule has 0 bridgehead atoms. The third-order valence-electron chi connectivity index (χ3n) is 3.59. The highest BCUT2D eigenvalue weighted by atomic mass is 127. The van der Waals surface area contributed by atoms with Crippen LogP contribution in [-0.2, 0) is 14.6 Å². The third kappa shape index (κ3) is 7.50. The molecule has 26 heavy (non-hydrogen) atoms. The SMILES string of the molecule is CN=C(NCCOCCS(C)(=O)=O)NC(C)c1cc2ccccc2o1.I. The lowest BCUT2D eigenvalue weighted by Crippen LogP contribution is -2.40. The summed E-state index contributed by atoms with van der Waals surface area (Å²) in [6.45, 7) is 3.11. The molecule has 1 atom stereocenters. The Morgan fingerprint density at radius 2 is 2.04 bits per heavy atom. The van der Waals surface area contributed by atoms with Gasteiger partial charge in [-0.15, -0.1) is 24.0 Å². The highest BCUT2D eigenvalue weighted by Gasteiger charge is 2.12. The molecule has 0 fully saturated rings. The van der Waals surface area contributed by atoms with Gasteiger partial charge in [0.05, 0.1) is 25.0 Å². The first-order valence-corrected chi connectivity index (χ1v) is 10.2. The number of halogens is 1. The number of nitrogens with one attached hydrogen (secondary N) is 2. The summed E-state index contributed by atoms with van der Waals surface area (Å²) >= 11 is 0. The lowest BCUT2D eigenvalue weighted by molar-refractivity contribution is 0.154. The van der Waals surface area contributed by atoms with Crippen LogP contribution in [0.1, 0.15) is 18.7 Å². The lowest BCUT2D eigenvalue weighted by atomic mass is 10.2. The molecule has 0 saturated carbocycles. The van der Waals surface area contributed by atoms with Gasteiger partial charge in [-0.3, -0.25) is 4.99 Å². The maximum Gasteiger partial charge on any atom is 0.191 e. The lowest BCUT2D eigenvalue weighted by Gasteiger charge is -2.16. The summed E-state index contributed by atoms with van der Waals surface area (Å²) in [7, 11) is -1.30. The van der Waals surface area contributed by atoms with Gasteiger partial charge in [0, 0.05) is 25.2 Å². The summed E-state index contributed by atoms with van der Waals surface area (Å²) < 4.78 is 33.1. The number of sulfone groups is 1. The molecule has 1 unspecified atom stereocenters. The van der Waals surface area contributed by atoms with E-state index < -0.39 is 9.84 Å². The Morgan fingerprint density at radius 1 is 1.31 bits per heavy atom. The summed E-state index contributed by atoms with van der Waals surface area (Å²) in [5, 5.41) is 7.44. The van der Waals surface area contributed by atoms with Crippen LogP contribution in [0, 0.1) is 0 Å². The Balaban J connectivity index is 0.00000338. The van der Waals surface area contributed by atoms with Crippen molar-refractivity contribution in [3.8, 4) is 0 Å². The van der Waals surface area contributed by atoms with Gasteiger partial charge in [-0.1, -0.05) is 18.2 Å². The zero-order chi connectivity index (χ0) is 18.3. The summed E-state index contributed by atoms with van der Waals surface area (Å²) in [6, 6.07) is 9.82. The molecule has 9 heteroatoms. The number of fused-ring (bicyclic) bond motifs is 1. The predicted octanol–water partition coefficient (Wildman–Crippen LogP) is 2.34. The van der Waals surface area contributed by atoms with E-state index in [4.69, 9.17) is 9.15 Å². The van der Waals surface area contributed by atoms with Crippen LogP contribution in [0.15, 0.2) is 39.7 Å². The van der Waals surface area contributed by atoms with E-state index in [1.54, 1.807) is 7.05 Å². The third-order valence-corrected chi connectivity index (χ3v) is 4.49. The minimum Gasteiger partial charge on any atom is -0.459 e. The second-order valence-corrected chi connectivity index (χ2v) is 8.05. The highest BCUT2D eigenvalue weighted by Crippen LogP contribution is 2.23. The highest BCUT2D eigenvalue weighted by molar-refractivity contribution is 14.0. The average Bonchev–Trinajstić information content (AvgIpc) is 3.00. The molecule has 0 amide bonds. The van der Waals surface area contributed by atoms with Crippen LogP contribution in [0.25, 0.3) is 11.0 Å². The first-order chi connectivity index (χ1) is 11.9. The molecule has 1 heterocycles. The zero-order valence-corrected chi connectivity index (χ0v) is 18.3. The van der Waals surface area contributed by atoms with Crippen LogP contribution in [0.4, 0.5) is 0 Å². The summed E-state index contributed by atoms with van der Waals surface area (Å²) in [5.74, 6) is 1.48. The monoisotopic (exact) mass is 495 g/mol. The van der Waals surface area contributed by atoms with Gasteiger partial charge in [-0.2, -0.15) is 0 Å². The molecule has 7 nitrogen and oxygen atoms in total. The van der Waals surface area contributed by atoms with Crippen molar-refractivity contribution >= 4 is 50.7 Å². The molecule has 0 spiro atoms. The minimum atomic E-state index is -2.98. The number of benzene rings is 1. The van der Waals surface area contributed by atoms with E-state index in [1.165, 1.54) is 6.26 Å². The Labute approximate surface area is 171 Å². The van der Waals surface area contributed by atoms with Crippen LogP contribution in [0.3, 0.4) is 0 Å². The number of aliphatic imine (C=N–C) groups is 1. The van der Waals surface area contributed by atoms with Crippen LogP contribution in [0.5, 0.6) is 0 Å². The van der Waals surface area contributed by atoms with Gasteiger partial charge in [0.2, 0.25) is 0 Å². The van der Waals surface area contributed by atoms with Crippen molar-refractivity contribution in [1.29, 1.82) is 0 Å². The number of guanidine groups is 1. The maximum atomic E-state index is 11.0. The number of rotatable bonds is 8. The van der Waals surface area contributed by atoms with Gasteiger partial charge in [0.25, 0.3) is 0 Å². The second kappa shape index (κ2) is 10.7. The van der Waals surface area contributed by atoms with Gasteiger partial charge in [0.15, 0.2) is 5.96 Å². The largest absolute Gasteiger partial charge is 0.459 e. The van der Waals surface area contributed by atoms with E-state index in [2.05, 4.69) is 15.6 Å². The number of hydrogen-bond donors (Lipinski definition) is 2. The first-order valence-electron chi connectivity index (χ1n) is 8.10. The average molecular weight is 495 g/mol. The molecular formula is C17H26IN3O4S. The quantitative estimate of drug-likeness (QED) is 0.253. The van der Waals surface area contributed by atoms with Crippen LogP contribution in [-0.4, -0.2) is 53.2 Å². The van der Waals surface area contributed by atoms with Crippen molar-refractivity contribution in [2.24, 2.45) is 4.99 Å². The number of hydrogen-bond acceptors (Lipinski definition) is 5. The van der Waals surface area contributed by atoms with Crippen LogP contribution in [0.2, 0.25) is 0 Å². The van der Waals surface area contributed by atoms with Crippen molar-refractivity contribution in [2.75, 3.05) is 38.8 Å². The van der Waals surface area contributed by atoms with Crippen molar-refractivity contribution in [3.05, 3.63) is 36.1 Å². The molecule has 0 aliphatic heterocycles. The van der Waals surface area contributed by atoms with E-state index in [0.717, 1.165) is 16.7 Å². The number of nitrogens with zero attached hydrogens (tertiary/aromatic N) is 1. The summed E-state index contributed by atoms with van der Waals surface area (Å²) in [5.41, 5.74) is 0.855. The molecule has 0 saturated heterocycles. The maximum absolute atomic E-state index is 11.0. The molecular weight excluding hydrogens is 469 g/mol. The Bertz CT molecular complexity index is 787. The fraction of sp³-hybridized carbons (Fsp3) is 0.471. The van der Waals surface area contributed by atoms with Gasteiger partial charge < -0.3 is 19.8 Å². The van der Waals surface area contributed by atoms with Crippen LogP contribution < -0.4 is 10.6 Å². The molecule has 146 valence electrons. The molecule has 1 aromatic heterocycles. The van der Waals surface area contributed by atoms with E-state index >= 15 is 0 Å². The van der Waals surface area contributed by atoms with Gasteiger partial charge in [-0.05, 0) is 19.1 Å². The molecule has 0 aliphatic carbocycles. The Kier molecular flexibility index (Phi) is 9.37. The minimum absolute atomic E-state index is 0. The fourth-order valence-corrected chi connectivity index (χ4v) is 2.66. The summed E-state index contributed by atoms with van der Waals surface area (Å²) in [6.07, 6.45) is 1.19. The van der Waals surface area contributed by atoms with E-state index in [1.807, 2.05) is 37.3 Å². The smallest absolute Gasteiger partial charge is 0.191 e. The van der Waals surface area contributed by atoms with Gasteiger partial charge >= 0.3 is 0 Å². The molecule has 1 aromatic carbocycles. The number of para-hydroxylation sites is 1. The number of furan rings is 1. The summed E-state index contributed by atoms with van der Waals surface area (Å²) in [4.78, 5) is 4.17. The van der Waals surface area contributed by atoms with E-state index in [-0.39, 0.29) is 42.4 Å². The van der Waals surface area contributed by atoms with E-state index in [9.17, 15) is 8.42 Å². The molecule has 2 N–H and O–H groups in total. The molecule has 0 aliphatic rings. The predicted molar refractivity (Wildman–Crippen MR) is 115 cm³/mol. The van der Waals surface area contributed by atoms with Crippen molar-refractivity contribution < 1.29 is 17.6 Å². The Morgan fingerprint density at radius 3 is 2.69 bits per heavy atom. The molecule has 0 radical (unpaired) electrons. The molecule has 2 rings (SSSR count). The Hall–Kier alpha value is -1.33. The van der Waals surface area contributed by atoms with Crippen molar-refractivity contribution in [2.45, 2.75) is 13.0 Å². The van der Waals surface area contributed by atoms with Gasteiger partial charge in [-0.25, -0.2) is 8.42 Å². The van der Waals surface area contributed by atoms with Gasteiger partial charge in [0.1, 0.15) is 21.2 Å².